The molecule has 5 heteroatoms. The van der Waals surface area contributed by atoms with E-state index in [4.69, 9.17) is 11.6 Å². The third kappa shape index (κ3) is 2.43. The summed E-state index contributed by atoms with van der Waals surface area (Å²) < 4.78 is 27.4. The van der Waals surface area contributed by atoms with Crippen molar-refractivity contribution in [2.75, 3.05) is 31.1 Å². The van der Waals surface area contributed by atoms with E-state index in [1.807, 2.05) is 4.90 Å². The molecule has 2 saturated heterocycles. The molecule has 0 aliphatic carbocycles. The van der Waals surface area contributed by atoms with Gasteiger partial charge in [-0.3, -0.25) is 0 Å². The highest BCUT2D eigenvalue weighted by molar-refractivity contribution is 6.30. The maximum Gasteiger partial charge on any atom is 0.148 e. The maximum absolute atomic E-state index is 13.9. The van der Waals surface area contributed by atoms with Gasteiger partial charge in [0.25, 0.3) is 0 Å². The highest BCUT2D eigenvalue weighted by Gasteiger charge is 2.39. The molecule has 104 valence electrons. The zero-order valence-electron chi connectivity index (χ0n) is 10.7. The Hall–Kier alpha value is -0.870. The molecule has 0 amide bonds. The largest absolute Gasteiger partial charge is 0.369 e. The van der Waals surface area contributed by atoms with E-state index in [0.29, 0.717) is 5.69 Å². The molecule has 2 aliphatic heterocycles. The highest BCUT2D eigenvalue weighted by Crippen LogP contribution is 2.41. The molecule has 0 unspecified atom stereocenters. The molecule has 2 fully saturated rings. The lowest BCUT2D eigenvalue weighted by molar-refractivity contribution is 0.232. The lowest BCUT2D eigenvalue weighted by Gasteiger charge is -2.34. The Labute approximate surface area is 116 Å². The first kappa shape index (κ1) is 13.1. The van der Waals surface area contributed by atoms with Gasteiger partial charge >= 0.3 is 0 Å². The molecule has 1 aromatic rings. The van der Waals surface area contributed by atoms with Crippen LogP contribution in [0.1, 0.15) is 19.3 Å². The van der Waals surface area contributed by atoms with E-state index in [0.717, 1.165) is 51.5 Å². The number of piperidine rings is 1. The second-order valence-electron chi connectivity index (χ2n) is 5.64. The zero-order valence-corrected chi connectivity index (χ0v) is 11.4. The number of halogens is 3. The van der Waals surface area contributed by atoms with Crippen molar-refractivity contribution in [3.8, 4) is 0 Å². The molecule has 2 heterocycles. The third-order valence-electron chi connectivity index (χ3n) is 4.43. The van der Waals surface area contributed by atoms with Gasteiger partial charge in [-0.1, -0.05) is 11.6 Å². The Kier molecular flexibility index (Phi) is 3.39. The summed E-state index contributed by atoms with van der Waals surface area (Å²) in [6.07, 6.45) is 3.28. The van der Waals surface area contributed by atoms with Gasteiger partial charge in [-0.15, -0.1) is 0 Å². The van der Waals surface area contributed by atoms with Gasteiger partial charge in [0.1, 0.15) is 11.6 Å². The lowest BCUT2D eigenvalue weighted by Crippen LogP contribution is -2.38. The molecule has 0 bridgehead atoms. The summed E-state index contributed by atoms with van der Waals surface area (Å²) in [6.45, 7) is 3.64. The van der Waals surface area contributed by atoms with Gasteiger partial charge in [0.05, 0.1) is 10.7 Å². The molecule has 2 nitrogen and oxygen atoms in total. The molecule has 1 N–H and O–H groups in total. The van der Waals surface area contributed by atoms with Crippen molar-refractivity contribution in [1.82, 2.24) is 5.32 Å². The fourth-order valence-corrected chi connectivity index (χ4v) is 3.41. The summed E-state index contributed by atoms with van der Waals surface area (Å²) in [6, 6.07) is 2.29. The number of hydrogen-bond donors (Lipinski definition) is 1. The van der Waals surface area contributed by atoms with Crippen LogP contribution < -0.4 is 10.2 Å². The first-order chi connectivity index (χ1) is 9.10. The smallest absolute Gasteiger partial charge is 0.148 e. The number of rotatable bonds is 1. The minimum Gasteiger partial charge on any atom is -0.369 e. The second-order valence-corrected chi connectivity index (χ2v) is 6.05. The van der Waals surface area contributed by atoms with E-state index in [-0.39, 0.29) is 10.4 Å². The first-order valence-electron chi connectivity index (χ1n) is 6.70. The Morgan fingerprint density at radius 3 is 2.58 bits per heavy atom. The van der Waals surface area contributed by atoms with E-state index >= 15 is 0 Å². The van der Waals surface area contributed by atoms with Crippen LogP contribution in [0.25, 0.3) is 0 Å². The van der Waals surface area contributed by atoms with Crippen LogP contribution in [0.15, 0.2) is 12.1 Å². The van der Waals surface area contributed by atoms with E-state index < -0.39 is 11.6 Å². The summed E-state index contributed by atoms with van der Waals surface area (Å²) in [7, 11) is 0. The molecule has 1 spiro atoms. The molecule has 19 heavy (non-hydrogen) atoms. The number of nitrogens with one attached hydrogen (secondary N) is 1. The Morgan fingerprint density at radius 1 is 1.11 bits per heavy atom. The summed E-state index contributed by atoms with van der Waals surface area (Å²) in [5, 5.41) is 3.19. The van der Waals surface area contributed by atoms with Crippen LogP contribution >= 0.6 is 11.6 Å². The van der Waals surface area contributed by atoms with Crippen LogP contribution in [0, 0.1) is 17.0 Å². The molecule has 2 aliphatic rings. The highest BCUT2D eigenvalue weighted by atomic mass is 35.5. The van der Waals surface area contributed by atoms with Gasteiger partial charge in [-0.2, -0.15) is 0 Å². The van der Waals surface area contributed by atoms with Crippen LogP contribution in [0.5, 0.6) is 0 Å². The molecule has 0 atom stereocenters. The molecular formula is C14H17ClF2N2. The van der Waals surface area contributed by atoms with Gasteiger partial charge < -0.3 is 10.2 Å². The van der Waals surface area contributed by atoms with Gasteiger partial charge in [0, 0.05) is 19.2 Å². The van der Waals surface area contributed by atoms with Crippen molar-refractivity contribution in [2.45, 2.75) is 19.3 Å². The standard InChI is InChI=1S/C14H17ClF2N2/c15-10-7-12(17)13(8-11(10)16)19-6-3-14(9-19)1-4-18-5-2-14/h7-8,18H,1-6,9H2. The maximum atomic E-state index is 13.9. The Morgan fingerprint density at radius 2 is 1.84 bits per heavy atom. The van der Waals surface area contributed by atoms with Crippen LogP contribution in [0.3, 0.4) is 0 Å². The number of hydrogen-bond acceptors (Lipinski definition) is 2. The quantitative estimate of drug-likeness (QED) is 0.798. The topological polar surface area (TPSA) is 15.3 Å². The van der Waals surface area contributed by atoms with Crippen molar-refractivity contribution in [3.63, 3.8) is 0 Å². The van der Waals surface area contributed by atoms with Crippen LogP contribution in [0.2, 0.25) is 5.02 Å². The van der Waals surface area contributed by atoms with E-state index in [1.54, 1.807) is 0 Å². The van der Waals surface area contributed by atoms with Crippen molar-refractivity contribution in [2.24, 2.45) is 5.41 Å². The molecule has 0 radical (unpaired) electrons. The Bertz CT molecular complexity index is 487. The monoisotopic (exact) mass is 286 g/mol. The fraction of sp³-hybridized carbons (Fsp3) is 0.571. The second kappa shape index (κ2) is 4.91. The molecular weight excluding hydrogens is 270 g/mol. The molecule has 0 saturated carbocycles. The Balaban J connectivity index is 1.83. The van der Waals surface area contributed by atoms with Gasteiger partial charge in [0.15, 0.2) is 0 Å². The SMILES string of the molecule is Fc1cc(N2CCC3(CCNCC3)C2)c(F)cc1Cl. The normalized spacial score (nSPS) is 22.2. The van der Waals surface area contributed by atoms with E-state index in [2.05, 4.69) is 5.32 Å². The van der Waals surface area contributed by atoms with Gasteiger partial charge in [-0.25, -0.2) is 8.78 Å². The van der Waals surface area contributed by atoms with E-state index in [9.17, 15) is 8.78 Å². The van der Waals surface area contributed by atoms with Crippen molar-refractivity contribution in [3.05, 3.63) is 28.8 Å². The summed E-state index contributed by atoms with van der Waals surface area (Å²) in [5.74, 6) is -0.985. The molecule has 0 aromatic heterocycles. The van der Waals surface area contributed by atoms with Crippen molar-refractivity contribution < 1.29 is 8.78 Å². The average molecular weight is 287 g/mol. The lowest BCUT2D eigenvalue weighted by atomic mass is 9.78. The first-order valence-corrected chi connectivity index (χ1v) is 7.08. The van der Waals surface area contributed by atoms with Gasteiger partial charge in [0.2, 0.25) is 0 Å². The summed E-state index contributed by atoms with van der Waals surface area (Å²) in [5.41, 5.74) is 0.616. The van der Waals surface area contributed by atoms with Crippen molar-refractivity contribution in [1.29, 1.82) is 0 Å². The van der Waals surface area contributed by atoms with Crippen LogP contribution in [-0.4, -0.2) is 26.2 Å². The minimum absolute atomic E-state index is 0.156. The fourth-order valence-electron chi connectivity index (χ4n) is 3.26. The number of anilines is 1. The molecule has 3 rings (SSSR count). The number of benzene rings is 1. The number of nitrogens with zero attached hydrogens (tertiary/aromatic N) is 1. The van der Waals surface area contributed by atoms with Gasteiger partial charge in [-0.05, 0) is 43.8 Å². The predicted molar refractivity (Wildman–Crippen MR) is 72.7 cm³/mol. The molecule has 1 aromatic carbocycles. The van der Waals surface area contributed by atoms with Crippen molar-refractivity contribution >= 4 is 17.3 Å². The average Bonchev–Trinajstić information content (AvgIpc) is 2.78. The zero-order chi connectivity index (χ0) is 13.5. The predicted octanol–water partition coefficient (Wildman–Crippen LogP) is 3.20. The summed E-state index contributed by atoms with van der Waals surface area (Å²) >= 11 is 5.59. The van der Waals surface area contributed by atoms with Crippen LogP contribution in [0.4, 0.5) is 14.5 Å². The van der Waals surface area contributed by atoms with E-state index in [1.165, 1.54) is 6.07 Å². The minimum atomic E-state index is -0.552. The van der Waals surface area contributed by atoms with Crippen LogP contribution in [-0.2, 0) is 0 Å². The summed E-state index contributed by atoms with van der Waals surface area (Å²) in [4.78, 5) is 1.96. The third-order valence-corrected chi connectivity index (χ3v) is 4.72.